The Kier molecular flexibility index (Phi) is 2.68. The van der Waals surface area contributed by atoms with Gasteiger partial charge in [-0.15, -0.1) is 0 Å². The Balaban J connectivity index is 1.63. The van der Waals surface area contributed by atoms with E-state index >= 15 is 0 Å². The van der Waals surface area contributed by atoms with E-state index in [9.17, 15) is 9.59 Å². The number of rotatable bonds is 2. The van der Waals surface area contributed by atoms with Gasteiger partial charge in [-0.1, -0.05) is 12.1 Å². The van der Waals surface area contributed by atoms with E-state index in [-0.39, 0.29) is 17.9 Å². The average Bonchev–Trinajstić information content (AvgIpc) is 3.08. The number of hydrogen-bond donors (Lipinski definition) is 1. The number of hydrogen-bond acceptors (Lipinski definition) is 3. The van der Waals surface area contributed by atoms with E-state index in [1.807, 2.05) is 18.3 Å². The Bertz CT molecular complexity index is 700. The molecule has 0 saturated carbocycles. The molecule has 0 spiro atoms. The number of imide groups is 1. The first kappa shape index (κ1) is 12.3. The molecule has 4 rings (SSSR count). The van der Waals surface area contributed by atoms with Crippen LogP contribution in [0, 0.1) is 0 Å². The third-order valence-electron chi connectivity index (χ3n) is 4.21. The van der Waals surface area contributed by atoms with Crippen LogP contribution in [0.5, 0.6) is 0 Å². The molecule has 1 unspecified atom stereocenters. The van der Waals surface area contributed by atoms with Gasteiger partial charge in [-0.3, -0.25) is 14.5 Å². The first-order chi connectivity index (χ1) is 10.3. The highest BCUT2D eigenvalue weighted by atomic mass is 16.2. The molecule has 2 aliphatic heterocycles. The summed E-state index contributed by atoms with van der Waals surface area (Å²) >= 11 is 0. The zero-order chi connectivity index (χ0) is 14.4. The highest BCUT2D eigenvalue weighted by molar-refractivity contribution is 6.21. The molecule has 0 bridgehead atoms. The summed E-state index contributed by atoms with van der Waals surface area (Å²) in [6.45, 7) is 2.13. The van der Waals surface area contributed by atoms with Crippen molar-refractivity contribution in [1.82, 2.24) is 14.8 Å². The number of nitrogens with zero attached hydrogens (tertiary/aromatic N) is 2. The van der Waals surface area contributed by atoms with Gasteiger partial charge in [-0.05, 0) is 24.3 Å². The maximum absolute atomic E-state index is 12.4. The SMILES string of the molecule is O=C1c2ccccc2C(=O)N1CC1NCCn2cccc21. The Labute approximate surface area is 122 Å². The van der Waals surface area contributed by atoms with Gasteiger partial charge in [0.05, 0.1) is 23.7 Å². The maximum atomic E-state index is 12.4. The lowest BCUT2D eigenvalue weighted by molar-refractivity contribution is 0.0634. The summed E-state index contributed by atoms with van der Waals surface area (Å²) in [6, 6.07) is 11.0. The quantitative estimate of drug-likeness (QED) is 0.847. The molecule has 2 aliphatic rings. The molecule has 5 nitrogen and oxygen atoms in total. The molecule has 0 aliphatic carbocycles. The molecule has 2 aromatic rings. The maximum Gasteiger partial charge on any atom is 0.261 e. The zero-order valence-corrected chi connectivity index (χ0v) is 11.5. The number of amides is 2. The second-order valence-electron chi connectivity index (χ2n) is 5.40. The van der Waals surface area contributed by atoms with Gasteiger partial charge >= 0.3 is 0 Å². The van der Waals surface area contributed by atoms with Crippen LogP contribution in [0.15, 0.2) is 42.6 Å². The van der Waals surface area contributed by atoms with Crippen LogP contribution in [-0.2, 0) is 6.54 Å². The van der Waals surface area contributed by atoms with E-state index in [0.29, 0.717) is 17.7 Å². The molecule has 5 heteroatoms. The topological polar surface area (TPSA) is 54.3 Å². The van der Waals surface area contributed by atoms with Crippen LogP contribution in [0.3, 0.4) is 0 Å². The molecule has 3 heterocycles. The lowest BCUT2D eigenvalue weighted by Gasteiger charge is -2.29. The van der Waals surface area contributed by atoms with Crippen LogP contribution in [-0.4, -0.2) is 34.4 Å². The lowest BCUT2D eigenvalue weighted by atomic mass is 10.1. The van der Waals surface area contributed by atoms with Crippen molar-refractivity contribution in [3.63, 3.8) is 0 Å². The fourth-order valence-electron chi connectivity index (χ4n) is 3.16. The Morgan fingerprint density at radius 2 is 1.76 bits per heavy atom. The molecular weight excluding hydrogens is 266 g/mol. The minimum absolute atomic E-state index is 0.00374. The summed E-state index contributed by atoms with van der Waals surface area (Å²) in [6.07, 6.45) is 2.03. The summed E-state index contributed by atoms with van der Waals surface area (Å²) in [4.78, 5) is 26.2. The lowest BCUT2D eigenvalue weighted by Crippen LogP contribution is -2.42. The molecule has 0 saturated heterocycles. The van der Waals surface area contributed by atoms with Gasteiger partial charge in [0, 0.05) is 25.0 Å². The van der Waals surface area contributed by atoms with E-state index in [0.717, 1.165) is 18.8 Å². The largest absolute Gasteiger partial charge is 0.349 e. The molecule has 1 aromatic heterocycles. The highest BCUT2D eigenvalue weighted by Crippen LogP contribution is 2.26. The van der Waals surface area contributed by atoms with Gasteiger partial charge in [-0.2, -0.15) is 0 Å². The number of carbonyl (C=O) groups excluding carboxylic acids is 2. The zero-order valence-electron chi connectivity index (χ0n) is 11.5. The molecule has 1 atom stereocenters. The van der Waals surface area contributed by atoms with Gasteiger partial charge in [0.2, 0.25) is 0 Å². The Morgan fingerprint density at radius 3 is 2.48 bits per heavy atom. The van der Waals surface area contributed by atoms with Crippen molar-refractivity contribution in [3.8, 4) is 0 Å². The van der Waals surface area contributed by atoms with Crippen molar-refractivity contribution in [3.05, 3.63) is 59.4 Å². The van der Waals surface area contributed by atoms with E-state index in [1.165, 1.54) is 4.90 Å². The summed E-state index contributed by atoms with van der Waals surface area (Å²) in [7, 11) is 0. The standard InChI is InChI=1S/C16H15N3O2/c20-15-11-4-1-2-5-12(11)16(21)19(15)10-13-14-6-3-8-18(14)9-7-17-13/h1-6,8,13,17H,7,9-10H2. The fraction of sp³-hybridized carbons (Fsp3) is 0.250. The number of aromatic nitrogens is 1. The van der Waals surface area contributed by atoms with Gasteiger partial charge in [0.15, 0.2) is 0 Å². The highest BCUT2D eigenvalue weighted by Gasteiger charge is 2.37. The third-order valence-corrected chi connectivity index (χ3v) is 4.21. The first-order valence-corrected chi connectivity index (χ1v) is 7.09. The normalized spacial score (nSPS) is 20.6. The van der Waals surface area contributed by atoms with Crippen LogP contribution in [0.25, 0.3) is 0 Å². The van der Waals surface area contributed by atoms with Crippen LogP contribution < -0.4 is 5.32 Å². The summed E-state index contributed by atoms with van der Waals surface area (Å²) in [5.41, 5.74) is 2.14. The Morgan fingerprint density at radius 1 is 1.05 bits per heavy atom. The molecule has 1 aromatic carbocycles. The van der Waals surface area contributed by atoms with E-state index in [1.54, 1.807) is 24.3 Å². The second-order valence-corrected chi connectivity index (χ2v) is 5.40. The summed E-state index contributed by atoms with van der Waals surface area (Å²) < 4.78 is 2.17. The monoisotopic (exact) mass is 281 g/mol. The summed E-state index contributed by atoms with van der Waals surface area (Å²) in [5.74, 6) is -0.387. The van der Waals surface area contributed by atoms with E-state index in [4.69, 9.17) is 0 Å². The molecule has 0 fully saturated rings. The molecule has 1 N–H and O–H groups in total. The van der Waals surface area contributed by atoms with Gasteiger partial charge < -0.3 is 9.88 Å². The smallest absolute Gasteiger partial charge is 0.261 e. The van der Waals surface area contributed by atoms with Crippen molar-refractivity contribution < 1.29 is 9.59 Å². The number of benzene rings is 1. The second kappa shape index (κ2) is 4.56. The van der Waals surface area contributed by atoms with Gasteiger partial charge in [-0.25, -0.2) is 0 Å². The first-order valence-electron chi connectivity index (χ1n) is 7.09. The molecule has 2 amide bonds. The van der Waals surface area contributed by atoms with E-state index < -0.39 is 0 Å². The van der Waals surface area contributed by atoms with Crippen LogP contribution in [0.2, 0.25) is 0 Å². The van der Waals surface area contributed by atoms with E-state index in [2.05, 4.69) is 9.88 Å². The van der Waals surface area contributed by atoms with Crippen molar-refractivity contribution in [2.75, 3.05) is 13.1 Å². The van der Waals surface area contributed by atoms with Crippen molar-refractivity contribution in [1.29, 1.82) is 0 Å². The molecule has 106 valence electrons. The van der Waals surface area contributed by atoms with Crippen molar-refractivity contribution in [2.45, 2.75) is 12.6 Å². The van der Waals surface area contributed by atoms with Crippen LogP contribution in [0.4, 0.5) is 0 Å². The minimum atomic E-state index is -0.193. The molecule has 21 heavy (non-hydrogen) atoms. The van der Waals surface area contributed by atoms with Crippen LogP contribution >= 0.6 is 0 Å². The molecular formula is C16H15N3O2. The number of nitrogens with one attached hydrogen (secondary N) is 1. The molecule has 0 radical (unpaired) electrons. The number of carbonyl (C=O) groups is 2. The summed E-state index contributed by atoms with van der Waals surface area (Å²) in [5, 5.41) is 3.39. The average molecular weight is 281 g/mol. The van der Waals surface area contributed by atoms with Gasteiger partial charge in [0.25, 0.3) is 11.8 Å². The Hall–Kier alpha value is -2.40. The fourth-order valence-corrected chi connectivity index (χ4v) is 3.16. The van der Waals surface area contributed by atoms with Crippen molar-refractivity contribution >= 4 is 11.8 Å². The third kappa shape index (κ3) is 1.81. The number of fused-ring (bicyclic) bond motifs is 2. The van der Waals surface area contributed by atoms with Crippen LogP contribution in [0.1, 0.15) is 32.5 Å². The van der Waals surface area contributed by atoms with Crippen molar-refractivity contribution in [2.24, 2.45) is 0 Å². The van der Waals surface area contributed by atoms with Gasteiger partial charge in [0.1, 0.15) is 0 Å². The minimum Gasteiger partial charge on any atom is -0.349 e. The predicted molar refractivity (Wildman–Crippen MR) is 77.0 cm³/mol. The predicted octanol–water partition coefficient (Wildman–Crippen LogP) is 1.43.